The third-order valence-electron chi connectivity index (χ3n) is 4.55. The molecule has 0 unspecified atom stereocenters. The molecule has 0 saturated carbocycles. The number of anilines is 4. The second-order valence-corrected chi connectivity index (χ2v) is 6.93. The maximum Gasteiger partial charge on any atom is 0.338 e. The highest BCUT2D eigenvalue weighted by Crippen LogP contribution is 2.30. The molecular formula is C23H23N5O6. The number of nitro groups is 1. The highest BCUT2D eigenvalue weighted by molar-refractivity contribution is 5.90. The Labute approximate surface area is 195 Å². The number of ether oxygens (including phenoxy) is 2. The molecule has 0 aliphatic heterocycles. The van der Waals surface area contributed by atoms with Crippen molar-refractivity contribution in [1.29, 1.82) is 0 Å². The molecule has 0 aliphatic rings. The molecule has 0 amide bonds. The monoisotopic (exact) mass is 465 g/mol. The second kappa shape index (κ2) is 10.9. The quantitative estimate of drug-likeness (QED) is 0.262. The third kappa shape index (κ3) is 5.82. The van der Waals surface area contributed by atoms with E-state index in [2.05, 4.69) is 20.6 Å². The number of benzene rings is 2. The molecule has 0 bridgehead atoms. The summed E-state index contributed by atoms with van der Waals surface area (Å²) in [5.74, 6) is -0.792. The van der Waals surface area contributed by atoms with Crippen LogP contribution >= 0.6 is 0 Å². The first kappa shape index (κ1) is 24.1. The van der Waals surface area contributed by atoms with E-state index in [0.717, 1.165) is 0 Å². The highest BCUT2D eigenvalue weighted by atomic mass is 16.6. The van der Waals surface area contributed by atoms with Crippen LogP contribution in [-0.2, 0) is 9.47 Å². The fourth-order valence-corrected chi connectivity index (χ4v) is 3.00. The van der Waals surface area contributed by atoms with Crippen LogP contribution in [0.5, 0.6) is 0 Å². The molecule has 0 fully saturated rings. The number of hydrogen-bond donors (Lipinski definition) is 2. The summed E-state index contributed by atoms with van der Waals surface area (Å²) >= 11 is 0. The van der Waals surface area contributed by atoms with Gasteiger partial charge in [-0.2, -0.15) is 4.98 Å². The van der Waals surface area contributed by atoms with Gasteiger partial charge in [0, 0.05) is 11.4 Å². The van der Waals surface area contributed by atoms with E-state index >= 15 is 0 Å². The molecule has 176 valence electrons. The first-order valence-electron chi connectivity index (χ1n) is 10.4. The van der Waals surface area contributed by atoms with Crippen LogP contribution in [0, 0.1) is 17.0 Å². The summed E-state index contributed by atoms with van der Waals surface area (Å²) in [5.41, 5.74) is 1.68. The molecule has 2 aromatic carbocycles. The van der Waals surface area contributed by atoms with Crippen LogP contribution in [0.3, 0.4) is 0 Å². The average Bonchev–Trinajstić information content (AvgIpc) is 2.80. The number of nitrogens with zero attached hydrogens (tertiary/aromatic N) is 3. The number of aryl methyl sites for hydroxylation is 1. The first-order valence-corrected chi connectivity index (χ1v) is 10.4. The zero-order valence-electron chi connectivity index (χ0n) is 18.8. The Morgan fingerprint density at radius 1 is 0.853 bits per heavy atom. The van der Waals surface area contributed by atoms with Gasteiger partial charge in [0.15, 0.2) is 0 Å². The lowest BCUT2D eigenvalue weighted by molar-refractivity contribution is -0.385. The van der Waals surface area contributed by atoms with E-state index < -0.39 is 16.9 Å². The lowest BCUT2D eigenvalue weighted by Crippen LogP contribution is -2.08. The van der Waals surface area contributed by atoms with Crippen LogP contribution in [0.25, 0.3) is 0 Å². The van der Waals surface area contributed by atoms with Gasteiger partial charge in [0.1, 0.15) is 5.69 Å². The molecule has 0 atom stereocenters. The van der Waals surface area contributed by atoms with Crippen molar-refractivity contribution in [3.63, 3.8) is 0 Å². The first-order chi connectivity index (χ1) is 16.3. The Balaban J connectivity index is 1.85. The van der Waals surface area contributed by atoms with Gasteiger partial charge in [0.2, 0.25) is 11.8 Å². The summed E-state index contributed by atoms with van der Waals surface area (Å²) < 4.78 is 9.91. The molecule has 0 aliphatic carbocycles. The van der Waals surface area contributed by atoms with Crippen LogP contribution in [0.2, 0.25) is 0 Å². The Morgan fingerprint density at radius 3 is 1.76 bits per heavy atom. The minimum Gasteiger partial charge on any atom is -0.462 e. The molecule has 11 nitrogen and oxygen atoms in total. The molecular weight excluding hydrogens is 442 g/mol. The van der Waals surface area contributed by atoms with Gasteiger partial charge in [-0.1, -0.05) is 0 Å². The van der Waals surface area contributed by atoms with Crippen molar-refractivity contribution in [2.75, 3.05) is 23.8 Å². The number of esters is 2. The van der Waals surface area contributed by atoms with E-state index in [9.17, 15) is 19.7 Å². The molecule has 0 spiro atoms. The summed E-state index contributed by atoms with van der Waals surface area (Å²) in [6, 6.07) is 12.7. The van der Waals surface area contributed by atoms with E-state index in [1.807, 2.05) is 0 Å². The highest BCUT2D eigenvalue weighted by Gasteiger charge is 2.22. The van der Waals surface area contributed by atoms with Crippen molar-refractivity contribution in [3.8, 4) is 0 Å². The molecule has 0 saturated heterocycles. The number of carbonyl (C=O) groups is 2. The minimum atomic E-state index is -0.567. The molecule has 1 heterocycles. The lowest BCUT2D eigenvalue weighted by Gasteiger charge is -2.11. The van der Waals surface area contributed by atoms with Gasteiger partial charge in [0.25, 0.3) is 0 Å². The second-order valence-electron chi connectivity index (χ2n) is 6.93. The Kier molecular flexibility index (Phi) is 7.70. The topological polar surface area (TPSA) is 146 Å². The zero-order valence-corrected chi connectivity index (χ0v) is 18.8. The van der Waals surface area contributed by atoms with Gasteiger partial charge in [-0.25, -0.2) is 14.6 Å². The SMILES string of the molecule is CCOC(=O)c1ccc(Nc2nc(C)c([N+](=O)[O-])c(Nc3ccc(C(=O)OCC)cc3)n2)cc1. The van der Waals surface area contributed by atoms with E-state index in [0.29, 0.717) is 22.5 Å². The van der Waals surface area contributed by atoms with Crippen molar-refractivity contribution >= 4 is 40.8 Å². The number of hydrogen-bond acceptors (Lipinski definition) is 10. The van der Waals surface area contributed by atoms with Crippen LogP contribution in [-0.4, -0.2) is 40.0 Å². The van der Waals surface area contributed by atoms with Crippen molar-refractivity contribution in [2.24, 2.45) is 0 Å². The normalized spacial score (nSPS) is 10.3. The summed E-state index contributed by atoms with van der Waals surface area (Å²) in [6.45, 7) is 5.47. The van der Waals surface area contributed by atoms with Crippen molar-refractivity contribution in [2.45, 2.75) is 20.8 Å². The van der Waals surface area contributed by atoms with Gasteiger partial charge in [0.05, 0.1) is 29.3 Å². The van der Waals surface area contributed by atoms with Gasteiger partial charge < -0.3 is 20.1 Å². The molecule has 0 radical (unpaired) electrons. The molecule has 11 heteroatoms. The van der Waals surface area contributed by atoms with Gasteiger partial charge >= 0.3 is 17.6 Å². The maximum absolute atomic E-state index is 11.8. The van der Waals surface area contributed by atoms with Crippen LogP contribution in [0.15, 0.2) is 48.5 Å². The smallest absolute Gasteiger partial charge is 0.338 e. The molecule has 1 aromatic heterocycles. The van der Waals surface area contributed by atoms with E-state index in [-0.39, 0.29) is 36.4 Å². The van der Waals surface area contributed by atoms with Gasteiger partial charge in [-0.05, 0) is 69.3 Å². The van der Waals surface area contributed by atoms with Crippen LogP contribution < -0.4 is 10.6 Å². The molecule has 2 N–H and O–H groups in total. The van der Waals surface area contributed by atoms with Gasteiger partial charge in [-0.15, -0.1) is 0 Å². The summed E-state index contributed by atoms with van der Waals surface area (Å²) in [6.07, 6.45) is 0. The molecule has 3 aromatic rings. The number of carbonyl (C=O) groups excluding carboxylic acids is 2. The average molecular weight is 465 g/mol. The van der Waals surface area contributed by atoms with E-state index in [1.165, 1.54) is 6.92 Å². The predicted octanol–water partition coefficient (Wildman–Crippen LogP) is 4.53. The van der Waals surface area contributed by atoms with E-state index in [4.69, 9.17) is 9.47 Å². The fourth-order valence-electron chi connectivity index (χ4n) is 3.00. The summed E-state index contributed by atoms with van der Waals surface area (Å²) in [4.78, 5) is 43.1. The lowest BCUT2D eigenvalue weighted by atomic mass is 10.2. The Bertz CT molecular complexity index is 1200. The number of aromatic nitrogens is 2. The van der Waals surface area contributed by atoms with E-state index in [1.54, 1.807) is 62.4 Å². The number of rotatable bonds is 9. The predicted molar refractivity (Wildman–Crippen MR) is 125 cm³/mol. The largest absolute Gasteiger partial charge is 0.462 e. The molecule has 34 heavy (non-hydrogen) atoms. The third-order valence-corrected chi connectivity index (χ3v) is 4.55. The standard InChI is InChI=1S/C23H23N5O6/c1-4-33-21(29)15-6-10-17(11-7-15)25-20-19(28(31)32)14(3)24-23(27-20)26-18-12-8-16(9-13-18)22(30)34-5-2/h6-13H,4-5H2,1-3H3,(H2,24,25,26,27). The van der Waals surface area contributed by atoms with Crippen molar-refractivity contribution < 1.29 is 24.0 Å². The Morgan fingerprint density at radius 2 is 1.32 bits per heavy atom. The summed E-state index contributed by atoms with van der Waals surface area (Å²) in [5, 5.41) is 17.5. The fraction of sp³-hybridized carbons (Fsp3) is 0.217. The van der Waals surface area contributed by atoms with Crippen molar-refractivity contribution in [1.82, 2.24) is 9.97 Å². The number of nitrogens with one attached hydrogen (secondary N) is 2. The zero-order chi connectivity index (χ0) is 24.7. The van der Waals surface area contributed by atoms with Crippen molar-refractivity contribution in [3.05, 3.63) is 75.5 Å². The van der Waals surface area contributed by atoms with Crippen LogP contribution in [0.4, 0.5) is 28.8 Å². The minimum absolute atomic E-state index is 0.0213. The Hall–Kier alpha value is -4.54. The maximum atomic E-state index is 11.8. The molecule has 3 rings (SSSR count). The van der Waals surface area contributed by atoms with Gasteiger partial charge in [-0.3, -0.25) is 10.1 Å². The van der Waals surface area contributed by atoms with Crippen LogP contribution in [0.1, 0.15) is 40.3 Å². The summed E-state index contributed by atoms with van der Waals surface area (Å²) in [7, 11) is 0.